The van der Waals surface area contributed by atoms with Gasteiger partial charge in [0.1, 0.15) is 0 Å². The first-order valence-corrected chi connectivity index (χ1v) is 6.76. The number of hydrogen-bond donors (Lipinski definition) is 1. The van der Waals surface area contributed by atoms with Gasteiger partial charge >= 0.3 is 0 Å². The number of nitrogens with one attached hydrogen (secondary N) is 1. The molecule has 4 heteroatoms. The summed E-state index contributed by atoms with van der Waals surface area (Å²) in [5.41, 5.74) is 1.72. The van der Waals surface area contributed by atoms with Crippen LogP contribution < -0.4 is 10.2 Å². The average Bonchev–Trinajstić information content (AvgIpc) is 2.75. The summed E-state index contributed by atoms with van der Waals surface area (Å²) in [4.78, 5) is 25.5. The average molecular weight is 268 g/mol. The van der Waals surface area contributed by atoms with Crippen molar-refractivity contribution in [3.05, 3.63) is 42.0 Å². The molecule has 0 spiro atoms. The summed E-state index contributed by atoms with van der Waals surface area (Å²) in [5, 5.41) is 4.71. The molecule has 4 nitrogen and oxygen atoms in total. The Kier molecular flexibility index (Phi) is 3.14. The van der Waals surface area contributed by atoms with Crippen molar-refractivity contribution in [3.63, 3.8) is 0 Å². The Balaban J connectivity index is 1.87. The van der Waals surface area contributed by atoms with Crippen LogP contribution in [0, 0.1) is 0 Å². The van der Waals surface area contributed by atoms with Gasteiger partial charge in [0.05, 0.1) is 5.69 Å². The van der Waals surface area contributed by atoms with Gasteiger partial charge in [-0.1, -0.05) is 24.3 Å². The molecule has 0 aromatic heterocycles. The molecule has 0 saturated carbocycles. The van der Waals surface area contributed by atoms with Crippen molar-refractivity contribution < 1.29 is 9.59 Å². The third-order valence-corrected chi connectivity index (χ3v) is 3.71. The largest absolute Gasteiger partial charge is 0.359 e. The van der Waals surface area contributed by atoms with E-state index in [9.17, 15) is 9.59 Å². The van der Waals surface area contributed by atoms with Crippen LogP contribution in [0.4, 0.5) is 5.69 Å². The van der Waals surface area contributed by atoms with Crippen LogP contribution >= 0.6 is 0 Å². The second kappa shape index (κ2) is 4.96. The van der Waals surface area contributed by atoms with Crippen LogP contribution in [0.5, 0.6) is 0 Å². The van der Waals surface area contributed by atoms with Gasteiger partial charge in [-0.25, -0.2) is 0 Å². The van der Waals surface area contributed by atoms with Gasteiger partial charge in [-0.05, 0) is 23.9 Å². The molecule has 3 rings (SSSR count). The number of anilines is 1. The molecule has 20 heavy (non-hydrogen) atoms. The Morgan fingerprint density at radius 3 is 2.70 bits per heavy atom. The van der Waals surface area contributed by atoms with Crippen LogP contribution in [0.15, 0.2) is 36.4 Å². The zero-order chi connectivity index (χ0) is 14.1. The highest BCUT2D eigenvalue weighted by Crippen LogP contribution is 2.37. The number of benzene rings is 2. The van der Waals surface area contributed by atoms with E-state index < -0.39 is 0 Å². The Labute approximate surface area is 117 Å². The maximum Gasteiger partial charge on any atom is 0.258 e. The summed E-state index contributed by atoms with van der Waals surface area (Å²) in [7, 11) is 1.62. The van der Waals surface area contributed by atoms with Crippen molar-refractivity contribution in [3.8, 4) is 0 Å². The minimum absolute atomic E-state index is 0.00682. The lowest BCUT2D eigenvalue weighted by Crippen LogP contribution is -2.29. The first kappa shape index (κ1) is 12.7. The molecule has 2 aromatic rings. The van der Waals surface area contributed by atoms with Gasteiger partial charge in [-0.2, -0.15) is 0 Å². The fourth-order valence-electron chi connectivity index (χ4n) is 2.72. The highest BCUT2D eigenvalue weighted by atomic mass is 16.2. The van der Waals surface area contributed by atoms with E-state index in [2.05, 4.69) is 5.32 Å². The third-order valence-electron chi connectivity index (χ3n) is 3.71. The third kappa shape index (κ3) is 1.93. The maximum absolute atomic E-state index is 12.4. The van der Waals surface area contributed by atoms with Crippen molar-refractivity contribution >= 4 is 28.3 Å². The lowest BCUT2D eigenvalue weighted by molar-refractivity contribution is -0.120. The first-order chi connectivity index (χ1) is 9.72. The molecule has 0 bridgehead atoms. The summed E-state index contributed by atoms with van der Waals surface area (Å²) < 4.78 is 0. The van der Waals surface area contributed by atoms with Gasteiger partial charge in [-0.15, -0.1) is 0 Å². The van der Waals surface area contributed by atoms with Gasteiger partial charge in [-0.3, -0.25) is 9.59 Å². The highest BCUT2D eigenvalue weighted by molar-refractivity contribution is 6.24. The fourth-order valence-corrected chi connectivity index (χ4v) is 2.72. The molecule has 1 heterocycles. The van der Waals surface area contributed by atoms with E-state index >= 15 is 0 Å². The molecule has 102 valence electrons. The molecular formula is C16H16N2O2. The van der Waals surface area contributed by atoms with E-state index in [0.29, 0.717) is 19.4 Å². The monoisotopic (exact) mass is 268 g/mol. The summed E-state index contributed by atoms with van der Waals surface area (Å²) in [6.45, 7) is 0.569. The molecule has 0 radical (unpaired) electrons. The standard InChI is InChI=1S/C16H16N2O2/c1-17-14(19)9-4-10-18-13-8-3-6-11-5-2-7-12(15(11)13)16(18)20/h2-3,5-8H,4,9-10H2,1H3,(H,17,19). The van der Waals surface area contributed by atoms with Crippen LogP contribution in [0.2, 0.25) is 0 Å². The van der Waals surface area contributed by atoms with E-state index in [1.54, 1.807) is 11.9 Å². The summed E-state index contributed by atoms with van der Waals surface area (Å²) in [6, 6.07) is 11.7. The Morgan fingerprint density at radius 1 is 1.20 bits per heavy atom. The van der Waals surface area contributed by atoms with Crippen LogP contribution in [0.25, 0.3) is 10.8 Å². The predicted molar refractivity (Wildman–Crippen MR) is 78.9 cm³/mol. The quantitative estimate of drug-likeness (QED) is 0.925. The van der Waals surface area contributed by atoms with Crippen molar-refractivity contribution in [2.24, 2.45) is 0 Å². The molecule has 2 amide bonds. The van der Waals surface area contributed by atoms with Crippen LogP contribution in [-0.4, -0.2) is 25.4 Å². The smallest absolute Gasteiger partial charge is 0.258 e. The van der Waals surface area contributed by atoms with E-state index in [-0.39, 0.29) is 11.8 Å². The molecular weight excluding hydrogens is 252 g/mol. The van der Waals surface area contributed by atoms with E-state index in [1.165, 1.54) is 0 Å². The van der Waals surface area contributed by atoms with Gasteiger partial charge in [0, 0.05) is 31.0 Å². The van der Waals surface area contributed by atoms with Gasteiger partial charge < -0.3 is 10.2 Å². The molecule has 0 atom stereocenters. The molecule has 2 aromatic carbocycles. The van der Waals surface area contributed by atoms with E-state index in [0.717, 1.165) is 22.0 Å². The van der Waals surface area contributed by atoms with Crippen LogP contribution in [0.1, 0.15) is 23.2 Å². The van der Waals surface area contributed by atoms with Crippen molar-refractivity contribution in [2.75, 3.05) is 18.5 Å². The number of amides is 2. The van der Waals surface area contributed by atoms with Gasteiger partial charge in [0.25, 0.3) is 5.91 Å². The molecule has 1 aliphatic rings. The van der Waals surface area contributed by atoms with Gasteiger partial charge in [0.15, 0.2) is 0 Å². The second-order valence-corrected chi connectivity index (χ2v) is 4.91. The van der Waals surface area contributed by atoms with E-state index in [4.69, 9.17) is 0 Å². The second-order valence-electron chi connectivity index (χ2n) is 4.91. The SMILES string of the molecule is CNC(=O)CCCN1C(=O)c2cccc3cccc1c23. The lowest BCUT2D eigenvalue weighted by atomic mass is 10.1. The number of nitrogens with zero attached hydrogens (tertiary/aromatic N) is 1. The molecule has 0 saturated heterocycles. The van der Waals surface area contributed by atoms with Crippen molar-refractivity contribution in [1.29, 1.82) is 0 Å². The number of carbonyl (C=O) groups is 2. The number of hydrogen-bond acceptors (Lipinski definition) is 2. The van der Waals surface area contributed by atoms with Crippen LogP contribution in [0.3, 0.4) is 0 Å². The Bertz CT molecular complexity index is 689. The van der Waals surface area contributed by atoms with Gasteiger partial charge in [0.2, 0.25) is 5.91 Å². The summed E-state index contributed by atoms with van der Waals surface area (Å²) in [6.07, 6.45) is 1.10. The molecule has 0 aliphatic carbocycles. The molecule has 0 fully saturated rings. The fraction of sp³-hybridized carbons (Fsp3) is 0.250. The lowest BCUT2D eigenvalue weighted by Gasteiger charge is -2.17. The Hall–Kier alpha value is -2.36. The highest BCUT2D eigenvalue weighted by Gasteiger charge is 2.28. The molecule has 1 N–H and O–H groups in total. The number of carbonyl (C=O) groups excluding carboxylic acids is 2. The molecule has 1 aliphatic heterocycles. The first-order valence-electron chi connectivity index (χ1n) is 6.76. The van der Waals surface area contributed by atoms with E-state index in [1.807, 2.05) is 36.4 Å². The van der Waals surface area contributed by atoms with Crippen molar-refractivity contribution in [1.82, 2.24) is 5.32 Å². The summed E-state index contributed by atoms with van der Waals surface area (Å²) >= 11 is 0. The predicted octanol–water partition coefficient (Wildman–Crippen LogP) is 2.33. The van der Waals surface area contributed by atoms with Crippen LogP contribution in [-0.2, 0) is 4.79 Å². The number of rotatable bonds is 4. The Morgan fingerprint density at radius 2 is 1.95 bits per heavy atom. The maximum atomic E-state index is 12.4. The minimum atomic E-state index is 0.00682. The zero-order valence-electron chi connectivity index (χ0n) is 11.3. The summed E-state index contributed by atoms with van der Waals surface area (Å²) in [5.74, 6) is 0.0427. The minimum Gasteiger partial charge on any atom is -0.359 e. The topological polar surface area (TPSA) is 49.4 Å². The van der Waals surface area contributed by atoms with Crippen molar-refractivity contribution in [2.45, 2.75) is 12.8 Å². The molecule has 0 unspecified atom stereocenters. The zero-order valence-corrected chi connectivity index (χ0v) is 11.3. The normalized spacial score (nSPS) is 13.1.